The van der Waals surface area contributed by atoms with Gasteiger partial charge in [0.15, 0.2) is 0 Å². The fourth-order valence-electron chi connectivity index (χ4n) is 8.18. The molecule has 3 fully saturated rings. The van der Waals surface area contributed by atoms with Gasteiger partial charge in [-0.05, 0) is 115 Å². The molecule has 57 heavy (non-hydrogen) atoms. The number of carbonyl (C=O) groups excluding carboxylic acids is 1. The summed E-state index contributed by atoms with van der Waals surface area (Å²) < 4.78 is 105. The molecule has 1 saturated heterocycles. The second kappa shape index (κ2) is 21.1. The third-order valence-electron chi connectivity index (χ3n) is 12.0. The van der Waals surface area contributed by atoms with Crippen LogP contribution in [-0.2, 0) is 6.42 Å². The summed E-state index contributed by atoms with van der Waals surface area (Å²) in [7, 11) is 4.50. The number of amides is 1. The summed E-state index contributed by atoms with van der Waals surface area (Å²) in [6.45, 7) is 13.4. The summed E-state index contributed by atoms with van der Waals surface area (Å²) in [5, 5.41) is 25.7. The molecule has 1 amide bonds. The van der Waals surface area contributed by atoms with Crippen LogP contribution < -0.4 is 4.74 Å². The van der Waals surface area contributed by atoms with E-state index in [0.717, 1.165) is 62.7 Å². The molecule has 4 aliphatic rings. The van der Waals surface area contributed by atoms with Crippen molar-refractivity contribution >= 4 is 37.4 Å². The minimum atomic E-state index is -5.41. The van der Waals surface area contributed by atoms with Crippen molar-refractivity contribution in [2.75, 3.05) is 31.1 Å². The van der Waals surface area contributed by atoms with Gasteiger partial charge >= 0.3 is 24.4 Å². The molecular weight excluding hydrogens is 779 g/mol. The Morgan fingerprint density at radius 2 is 1.65 bits per heavy atom. The highest BCUT2D eigenvalue weighted by Gasteiger charge is 2.57. The maximum atomic E-state index is 12.8. The van der Waals surface area contributed by atoms with Crippen molar-refractivity contribution in [1.82, 2.24) is 9.80 Å². The van der Waals surface area contributed by atoms with Crippen molar-refractivity contribution in [1.29, 1.82) is 10.8 Å². The zero-order valence-electron chi connectivity index (χ0n) is 34.3. The average Bonchev–Trinajstić information content (AvgIpc) is 3.47. The number of thioether (sulfide) groups is 1. The van der Waals surface area contributed by atoms with Crippen LogP contribution in [-0.4, -0.2) is 96.0 Å². The predicted molar refractivity (Wildman–Crippen MR) is 212 cm³/mol. The zero-order chi connectivity index (χ0) is 43.6. The number of alkyl halides is 8. The third kappa shape index (κ3) is 13.0. The first kappa shape index (κ1) is 50.6. The van der Waals surface area contributed by atoms with E-state index in [1.807, 2.05) is 26.0 Å². The van der Waals surface area contributed by atoms with Crippen molar-refractivity contribution in [3.05, 3.63) is 29.3 Å². The van der Waals surface area contributed by atoms with E-state index in [4.69, 9.17) is 15.6 Å². The summed E-state index contributed by atoms with van der Waals surface area (Å²) in [6, 6.07) is 5.70. The van der Waals surface area contributed by atoms with Gasteiger partial charge in [0.1, 0.15) is 11.6 Å². The van der Waals surface area contributed by atoms with Crippen LogP contribution in [0.25, 0.3) is 0 Å². The van der Waals surface area contributed by atoms with E-state index < -0.39 is 42.5 Å². The molecule has 7 nitrogen and oxygen atoms in total. The molecule has 1 aliphatic heterocycles. The number of rotatable bonds is 9. The predicted octanol–water partition coefficient (Wildman–Crippen LogP) is 11.3. The molecule has 5 unspecified atom stereocenters. The van der Waals surface area contributed by atoms with E-state index in [1.54, 1.807) is 6.07 Å². The quantitative estimate of drug-likeness (QED) is 0.0756. The molecule has 1 heterocycles. The molecule has 17 heteroatoms. The highest BCUT2D eigenvalue weighted by Crippen LogP contribution is 2.61. The van der Waals surface area contributed by atoms with Crippen LogP contribution in [0.2, 0.25) is 6.82 Å². The molecule has 3 aliphatic carbocycles. The van der Waals surface area contributed by atoms with Crippen LogP contribution in [0, 0.1) is 33.5 Å². The number of aliphatic hydroxyl groups is 1. The Labute approximate surface area is 338 Å². The molecule has 324 valence electrons. The van der Waals surface area contributed by atoms with E-state index in [-0.39, 0.29) is 43.0 Å². The first-order valence-corrected chi connectivity index (χ1v) is 21.0. The number of aliphatic hydroxyl groups excluding tert-OH is 1. The number of aryl methyl sites for hydroxylation is 1. The molecule has 1 aromatic rings. The lowest BCUT2D eigenvalue weighted by Crippen LogP contribution is -2.56. The Morgan fingerprint density at radius 3 is 2.23 bits per heavy atom. The second-order valence-corrected chi connectivity index (χ2v) is 17.1. The van der Waals surface area contributed by atoms with Gasteiger partial charge in [0.05, 0.1) is 20.5 Å². The van der Waals surface area contributed by atoms with Crippen LogP contribution in [0.1, 0.15) is 116 Å². The van der Waals surface area contributed by atoms with Crippen molar-refractivity contribution < 1.29 is 49.8 Å². The first-order chi connectivity index (χ1) is 26.5. The standard InChI is InChI=1S/C25H31F3N4O3.C12H21F5S.C2H6.CH3B/c1-24-9-8-17-16-5-3-15(12-14(16)2-4-18(17)19(24)6-7-20(24)33)35-23(34)31-10-11-32(21(29)13-31)22(30)25(26,27)28;1-4-10(2,3)7-9-18-8-5-6-11(13,14)12(15,16)17;2*1-2/h3,5,12,17-20,29-30,33H,2,4,6-11,13H2,1H3;4-9H2,1-3H3;1-2H3;1H3. The smallest absolute Gasteiger partial charge is 0.410 e. The highest BCUT2D eigenvalue weighted by molar-refractivity contribution is 7.99. The van der Waals surface area contributed by atoms with Gasteiger partial charge in [-0.3, -0.25) is 15.7 Å². The van der Waals surface area contributed by atoms with Gasteiger partial charge in [-0.25, -0.2) is 4.79 Å². The summed E-state index contributed by atoms with van der Waals surface area (Å²) in [6.07, 6.45) is -4.47. The maximum absolute atomic E-state index is 12.8. The summed E-state index contributed by atoms with van der Waals surface area (Å²) in [5.74, 6) is -3.52. The molecule has 1 aromatic carbocycles. The lowest BCUT2D eigenvalue weighted by molar-refractivity contribution is -0.284. The van der Waals surface area contributed by atoms with Gasteiger partial charge in [0.2, 0.25) is 5.84 Å². The molecule has 0 bridgehead atoms. The monoisotopic (exact) mass is 840 g/mol. The zero-order valence-corrected chi connectivity index (χ0v) is 35.1. The van der Waals surface area contributed by atoms with Crippen molar-refractivity contribution in [2.24, 2.45) is 22.7 Å². The second-order valence-electron chi connectivity index (χ2n) is 15.8. The van der Waals surface area contributed by atoms with Crippen molar-refractivity contribution in [2.45, 2.75) is 143 Å². The largest absolute Gasteiger partial charge is 0.453 e. The first-order valence-electron chi connectivity index (χ1n) is 19.9. The number of fused-ring (bicyclic) bond motifs is 5. The van der Waals surface area contributed by atoms with Gasteiger partial charge in [-0.1, -0.05) is 60.9 Å². The molecule has 3 N–H and O–H groups in total. The van der Waals surface area contributed by atoms with Crippen LogP contribution in [0.15, 0.2) is 18.2 Å². The number of hydrogen-bond acceptors (Lipinski definition) is 6. The Balaban J connectivity index is 0.000000434. The number of nitrogens with one attached hydrogen (secondary N) is 2. The van der Waals surface area contributed by atoms with E-state index in [0.29, 0.717) is 34.2 Å². The number of hydrogen-bond donors (Lipinski definition) is 3. The molecule has 2 saturated carbocycles. The number of halogens is 8. The molecule has 5 atom stereocenters. The van der Waals surface area contributed by atoms with E-state index in [2.05, 4.69) is 35.5 Å². The molecule has 0 spiro atoms. The Kier molecular flexibility index (Phi) is 18.7. The lowest BCUT2D eigenvalue weighted by Gasteiger charge is -2.50. The fourth-order valence-corrected chi connectivity index (χ4v) is 9.43. The van der Waals surface area contributed by atoms with Crippen LogP contribution >= 0.6 is 11.8 Å². The number of nitrogens with zero attached hydrogens (tertiary/aromatic N) is 2. The molecule has 2 radical (unpaired) electrons. The number of benzene rings is 1. The van der Waals surface area contributed by atoms with Crippen LogP contribution in [0.5, 0.6) is 5.75 Å². The van der Waals surface area contributed by atoms with E-state index >= 15 is 0 Å². The third-order valence-corrected chi connectivity index (χ3v) is 13.1. The highest BCUT2D eigenvalue weighted by atomic mass is 32.2. The van der Waals surface area contributed by atoms with Crippen molar-refractivity contribution in [3.8, 4) is 5.75 Å². The van der Waals surface area contributed by atoms with Gasteiger partial charge in [-0.15, -0.1) is 0 Å². The Morgan fingerprint density at radius 1 is 1.00 bits per heavy atom. The summed E-state index contributed by atoms with van der Waals surface area (Å²) in [5.41, 5.74) is 2.69. The normalized spacial score (nSPS) is 24.6. The van der Waals surface area contributed by atoms with Gasteiger partial charge in [0.25, 0.3) is 0 Å². The minimum absolute atomic E-state index is 0.0183. The van der Waals surface area contributed by atoms with Crippen molar-refractivity contribution in [3.63, 3.8) is 0 Å². The number of piperazine rings is 1. The summed E-state index contributed by atoms with van der Waals surface area (Å²) >= 11 is 1.45. The maximum Gasteiger partial charge on any atom is 0.453 e. The SMILES string of the molecule is CC.CC12CCC3c4ccc(OC(=O)N5CCN(C(=N)C(F)(F)F)C(=N)C5)cc4CCC3C1CCC2O.CCC(C)(C)CCSCCCC(F)(F)C(F)(F)F.[B]C. The molecule has 5 rings (SSSR count). The van der Waals surface area contributed by atoms with E-state index in [9.17, 15) is 45.0 Å². The van der Waals surface area contributed by atoms with Crippen LogP contribution in [0.3, 0.4) is 0 Å². The molecular formula is C40H61BF8N4O3S. The van der Waals surface area contributed by atoms with Gasteiger partial charge in [0, 0.05) is 19.5 Å². The number of ether oxygens (including phenoxy) is 1. The number of carbonyl (C=O) groups is 1. The van der Waals surface area contributed by atoms with Crippen LogP contribution in [0.4, 0.5) is 39.9 Å². The number of amidine groups is 2. The van der Waals surface area contributed by atoms with Gasteiger partial charge in [-0.2, -0.15) is 46.9 Å². The topological polar surface area (TPSA) is 101 Å². The van der Waals surface area contributed by atoms with Gasteiger partial charge < -0.3 is 14.7 Å². The molecule has 0 aromatic heterocycles. The Hall–Kier alpha value is -2.56. The minimum Gasteiger partial charge on any atom is -0.410 e. The average molecular weight is 841 g/mol. The van der Waals surface area contributed by atoms with E-state index in [1.165, 1.54) is 29.0 Å². The fraction of sp³-hybridized carbons (Fsp3) is 0.775. The Bertz CT molecular complexity index is 1480. The lowest BCUT2D eigenvalue weighted by atomic mass is 9.55. The summed E-state index contributed by atoms with van der Waals surface area (Å²) in [4.78, 5) is 14.4.